The molecule has 3 N–H and O–H groups in total. The molecule has 2 heterocycles. The Morgan fingerprint density at radius 1 is 1.24 bits per heavy atom. The maximum absolute atomic E-state index is 5.91. The Balaban J connectivity index is 1.94. The van der Waals surface area contributed by atoms with Crippen molar-refractivity contribution in [3.05, 3.63) is 46.3 Å². The van der Waals surface area contributed by atoms with Crippen LogP contribution in [0.2, 0.25) is 5.02 Å². The van der Waals surface area contributed by atoms with Crippen molar-refractivity contribution in [3.63, 3.8) is 0 Å². The molecule has 5 nitrogen and oxygen atoms in total. The third kappa shape index (κ3) is 2.92. The number of aromatic nitrogens is 2. The normalized spacial score (nSPS) is 10.8. The number of hydrazine groups is 1. The predicted octanol–water partition coefficient (Wildman–Crippen LogP) is 3.27. The Morgan fingerprint density at radius 2 is 2.00 bits per heavy atom. The van der Waals surface area contributed by atoms with Crippen LogP contribution in [-0.4, -0.2) is 17.0 Å². The molecule has 108 valence electrons. The summed E-state index contributed by atoms with van der Waals surface area (Å²) in [6, 6.07) is 9.81. The summed E-state index contributed by atoms with van der Waals surface area (Å²) in [4.78, 5) is 11.8. The molecule has 0 atom stereocenters. The maximum Gasteiger partial charge on any atom is 0.240 e. The van der Waals surface area contributed by atoms with E-state index in [0.717, 1.165) is 33.2 Å². The molecule has 0 aliphatic rings. The van der Waals surface area contributed by atoms with Crippen LogP contribution in [0.3, 0.4) is 0 Å². The van der Waals surface area contributed by atoms with Gasteiger partial charge in [-0.25, -0.2) is 10.8 Å². The topological polar surface area (TPSA) is 67.1 Å². The van der Waals surface area contributed by atoms with Crippen LogP contribution in [0.4, 0.5) is 11.8 Å². The van der Waals surface area contributed by atoms with Gasteiger partial charge in [0.25, 0.3) is 0 Å². The zero-order valence-electron chi connectivity index (χ0n) is 11.4. The molecule has 0 radical (unpaired) electrons. The lowest BCUT2D eigenvalue weighted by molar-refractivity contribution is 0.901. The molecule has 0 fully saturated rings. The van der Waals surface area contributed by atoms with E-state index in [-0.39, 0.29) is 0 Å². The second-order valence-electron chi connectivity index (χ2n) is 4.64. The highest BCUT2D eigenvalue weighted by atomic mass is 35.5. The molecule has 3 rings (SSSR count). The molecule has 0 aliphatic heterocycles. The van der Waals surface area contributed by atoms with Gasteiger partial charge >= 0.3 is 0 Å². The minimum absolute atomic E-state index is 0.419. The van der Waals surface area contributed by atoms with Crippen molar-refractivity contribution in [2.45, 2.75) is 6.54 Å². The quantitative estimate of drug-likeness (QED) is 0.570. The van der Waals surface area contributed by atoms with Crippen molar-refractivity contribution in [1.82, 2.24) is 9.97 Å². The number of nitrogen functional groups attached to an aromatic ring is 1. The highest BCUT2D eigenvalue weighted by Gasteiger charge is 2.12. The molecule has 3 aromatic rings. The molecule has 0 spiro atoms. The lowest BCUT2D eigenvalue weighted by atomic mass is 10.2. The van der Waals surface area contributed by atoms with E-state index in [4.69, 9.17) is 17.4 Å². The third-order valence-electron chi connectivity index (χ3n) is 3.13. The smallest absolute Gasteiger partial charge is 0.240 e. The van der Waals surface area contributed by atoms with Gasteiger partial charge in [0.2, 0.25) is 5.95 Å². The molecule has 2 aromatic heterocycles. The van der Waals surface area contributed by atoms with E-state index in [2.05, 4.69) is 20.3 Å². The Morgan fingerprint density at radius 3 is 2.71 bits per heavy atom. The SMILES string of the molecule is CN(Cc1ccc(Cl)cc1)c1nc(NN)nc2sccc12. The van der Waals surface area contributed by atoms with Gasteiger partial charge in [0.15, 0.2) is 0 Å². The summed E-state index contributed by atoms with van der Waals surface area (Å²) >= 11 is 7.48. The van der Waals surface area contributed by atoms with E-state index in [9.17, 15) is 0 Å². The second-order valence-corrected chi connectivity index (χ2v) is 5.97. The van der Waals surface area contributed by atoms with E-state index in [1.54, 1.807) is 11.3 Å². The standard InChI is InChI=1S/C14H14ClN5S/c1-20(8-9-2-4-10(15)5-3-9)12-11-6-7-21-13(11)18-14(17-12)19-16/h2-7H,8,16H2,1H3,(H,17,18,19). The summed E-state index contributed by atoms with van der Waals surface area (Å²) < 4.78 is 0. The molecule has 21 heavy (non-hydrogen) atoms. The first-order valence-corrected chi connectivity index (χ1v) is 7.60. The number of fused-ring (bicyclic) bond motifs is 1. The molecular weight excluding hydrogens is 306 g/mol. The lowest BCUT2D eigenvalue weighted by Gasteiger charge is -2.19. The van der Waals surface area contributed by atoms with Crippen molar-refractivity contribution in [3.8, 4) is 0 Å². The first kappa shape index (κ1) is 14.1. The summed E-state index contributed by atoms with van der Waals surface area (Å²) in [6.07, 6.45) is 0. The lowest BCUT2D eigenvalue weighted by Crippen LogP contribution is -2.20. The number of anilines is 2. The fraction of sp³-hybridized carbons (Fsp3) is 0.143. The minimum atomic E-state index is 0.419. The Hall–Kier alpha value is -1.89. The zero-order valence-corrected chi connectivity index (χ0v) is 12.9. The summed E-state index contributed by atoms with van der Waals surface area (Å²) in [7, 11) is 1.99. The van der Waals surface area contributed by atoms with Gasteiger partial charge in [0.1, 0.15) is 10.6 Å². The van der Waals surface area contributed by atoms with Crippen molar-refractivity contribution in [2.24, 2.45) is 5.84 Å². The molecule has 0 saturated carbocycles. The summed E-state index contributed by atoms with van der Waals surface area (Å²) in [5.74, 6) is 6.71. The van der Waals surface area contributed by atoms with Gasteiger partial charge in [-0.1, -0.05) is 23.7 Å². The minimum Gasteiger partial charge on any atom is -0.355 e. The van der Waals surface area contributed by atoms with E-state index in [1.807, 2.05) is 42.8 Å². The summed E-state index contributed by atoms with van der Waals surface area (Å²) in [6.45, 7) is 0.725. The van der Waals surface area contributed by atoms with Gasteiger partial charge in [0.05, 0.1) is 5.39 Å². The number of nitrogens with two attached hydrogens (primary N) is 1. The third-order valence-corrected chi connectivity index (χ3v) is 4.19. The van der Waals surface area contributed by atoms with E-state index >= 15 is 0 Å². The van der Waals surface area contributed by atoms with E-state index in [1.165, 1.54) is 0 Å². The summed E-state index contributed by atoms with van der Waals surface area (Å²) in [5.41, 5.74) is 3.67. The molecule has 0 aliphatic carbocycles. The van der Waals surface area contributed by atoms with Crippen LogP contribution in [0, 0.1) is 0 Å². The highest BCUT2D eigenvalue weighted by molar-refractivity contribution is 7.16. The highest BCUT2D eigenvalue weighted by Crippen LogP contribution is 2.29. The Labute approximate surface area is 131 Å². The molecular formula is C14H14ClN5S. The van der Waals surface area contributed by atoms with Gasteiger partial charge in [-0.2, -0.15) is 4.98 Å². The maximum atomic E-state index is 5.91. The van der Waals surface area contributed by atoms with Crippen molar-refractivity contribution < 1.29 is 0 Å². The average molecular weight is 320 g/mol. The molecule has 0 unspecified atom stereocenters. The van der Waals surface area contributed by atoms with Crippen LogP contribution in [0.5, 0.6) is 0 Å². The van der Waals surface area contributed by atoms with Crippen LogP contribution in [0.25, 0.3) is 10.2 Å². The number of thiophene rings is 1. The molecule has 1 aromatic carbocycles. The van der Waals surface area contributed by atoms with Crippen LogP contribution < -0.4 is 16.2 Å². The monoisotopic (exact) mass is 319 g/mol. The Bertz CT molecular complexity index is 756. The number of benzene rings is 1. The van der Waals surface area contributed by atoms with Crippen molar-refractivity contribution in [1.29, 1.82) is 0 Å². The van der Waals surface area contributed by atoms with Gasteiger partial charge in [-0.15, -0.1) is 11.3 Å². The fourth-order valence-electron chi connectivity index (χ4n) is 2.13. The average Bonchev–Trinajstić information content (AvgIpc) is 2.96. The first-order valence-electron chi connectivity index (χ1n) is 6.35. The number of hydrogen-bond donors (Lipinski definition) is 2. The van der Waals surface area contributed by atoms with Crippen molar-refractivity contribution in [2.75, 3.05) is 17.4 Å². The number of nitrogens with zero attached hydrogens (tertiary/aromatic N) is 3. The fourth-order valence-corrected chi connectivity index (χ4v) is 3.02. The second kappa shape index (κ2) is 5.85. The van der Waals surface area contributed by atoms with Crippen molar-refractivity contribution >= 4 is 44.9 Å². The van der Waals surface area contributed by atoms with Crippen LogP contribution >= 0.6 is 22.9 Å². The van der Waals surface area contributed by atoms with Gasteiger partial charge < -0.3 is 4.90 Å². The zero-order chi connectivity index (χ0) is 14.8. The number of halogens is 1. The molecule has 0 bridgehead atoms. The molecule has 0 amide bonds. The molecule has 7 heteroatoms. The van der Waals surface area contributed by atoms with Crippen LogP contribution in [0.1, 0.15) is 5.56 Å². The van der Waals surface area contributed by atoms with Gasteiger partial charge in [-0.05, 0) is 29.1 Å². The van der Waals surface area contributed by atoms with Crippen LogP contribution in [0.15, 0.2) is 35.7 Å². The predicted molar refractivity (Wildman–Crippen MR) is 88.8 cm³/mol. The number of hydrogen-bond acceptors (Lipinski definition) is 6. The summed E-state index contributed by atoms with van der Waals surface area (Å²) in [5, 5.41) is 3.76. The van der Waals surface area contributed by atoms with Gasteiger partial charge in [-0.3, -0.25) is 5.43 Å². The Kier molecular flexibility index (Phi) is 3.92. The number of rotatable bonds is 4. The molecule has 0 saturated heterocycles. The van der Waals surface area contributed by atoms with Crippen LogP contribution in [-0.2, 0) is 6.54 Å². The largest absolute Gasteiger partial charge is 0.355 e. The first-order chi connectivity index (χ1) is 10.2. The number of nitrogens with one attached hydrogen (secondary N) is 1. The van der Waals surface area contributed by atoms with E-state index in [0.29, 0.717) is 5.95 Å². The van der Waals surface area contributed by atoms with E-state index < -0.39 is 0 Å². The van der Waals surface area contributed by atoms with Gasteiger partial charge in [0, 0.05) is 18.6 Å².